The minimum Gasteiger partial charge on any atom is -0.425 e. The molecule has 0 saturated carbocycles. The molecule has 0 aromatic heterocycles. The molecule has 0 atom stereocenters. The van der Waals surface area contributed by atoms with Crippen LogP contribution in [0.5, 0.6) is 0 Å². The van der Waals surface area contributed by atoms with Crippen LogP contribution in [0.25, 0.3) is 0 Å². The molecule has 0 spiro atoms. The topological polar surface area (TPSA) is 152 Å². The Bertz CT molecular complexity index is 1730. The second kappa shape index (κ2) is 18.7. The van der Waals surface area contributed by atoms with E-state index in [0.717, 1.165) is 12.0 Å². The van der Waals surface area contributed by atoms with Crippen LogP contribution in [0.2, 0.25) is 0 Å². The highest BCUT2D eigenvalue weighted by Crippen LogP contribution is 2.40. The minimum atomic E-state index is -0.964. The summed E-state index contributed by atoms with van der Waals surface area (Å²) in [6.07, 6.45) is 13.8. The molecule has 2 aromatic carbocycles. The number of para-hydroxylation sites is 2. The summed E-state index contributed by atoms with van der Waals surface area (Å²) >= 11 is 0. The van der Waals surface area contributed by atoms with E-state index in [0.29, 0.717) is 28.2 Å². The Morgan fingerprint density at radius 1 is 0.840 bits per heavy atom. The van der Waals surface area contributed by atoms with Gasteiger partial charge < -0.3 is 30.7 Å². The SMILES string of the molecule is CC(=O)Nc1ccc(C(=O)Nc2ccccc2NC(=O)CNC(=O)OCOC(=O)C=C(C)C=CC=C(C)C=CC2=C(C)CCCC2(C)C)cc1. The molecule has 0 bridgehead atoms. The molecule has 1 aliphatic carbocycles. The fraction of sp³-hybridized carbons (Fsp3) is 0.308. The maximum Gasteiger partial charge on any atom is 0.410 e. The van der Waals surface area contributed by atoms with E-state index in [1.165, 1.54) is 37.0 Å². The molecule has 11 nitrogen and oxygen atoms in total. The Balaban J connectivity index is 1.40. The van der Waals surface area contributed by atoms with Crippen molar-refractivity contribution in [2.24, 2.45) is 5.41 Å². The summed E-state index contributed by atoms with van der Waals surface area (Å²) in [4.78, 5) is 60.6. The first kappa shape index (κ1) is 38.7. The highest BCUT2D eigenvalue weighted by Gasteiger charge is 2.26. The van der Waals surface area contributed by atoms with Crippen molar-refractivity contribution in [1.29, 1.82) is 0 Å². The van der Waals surface area contributed by atoms with Crippen molar-refractivity contribution in [3.8, 4) is 0 Å². The first-order valence-corrected chi connectivity index (χ1v) is 16.3. The van der Waals surface area contributed by atoms with Gasteiger partial charge in [-0.1, -0.05) is 67.5 Å². The summed E-state index contributed by atoms with van der Waals surface area (Å²) in [6, 6.07) is 12.9. The Morgan fingerprint density at radius 3 is 2.18 bits per heavy atom. The van der Waals surface area contributed by atoms with Crippen LogP contribution in [-0.4, -0.2) is 43.1 Å². The van der Waals surface area contributed by atoms with Gasteiger partial charge in [0.05, 0.1) is 11.4 Å². The molecule has 0 heterocycles. The minimum absolute atomic E-state index is 0.177. The highest BCUT2D eigenvalue weighted by atomic mass is 16.7. The monoisotopic (exact) mass is 682 g/mol. The van der Waals surface area contributed by atoms with Gasteiger partial charge in [0.15, 0.2) is 0 Å². The van der Waals surface area contributed by atoms with Gasteiger partial charge >= 0.3 is 12.1 Å². The second-order valence-corrected chi connectivity index (χ2v) is 12.6. The molecule has 0 unspecified atom stereocenters. The van der Waals surface area contributed by atoms with Crippen LogP contribution in [0.15, 0.2) is 107 Å². The van der Waals surface area contributed by atoms with Crippen LogP contribution in [0.4, 0.5) is 21.9 Å². The van der Waals surface area contributed by atoms with Crippen LogP contribution >= 0.6 is 0 Å². The number of carbonyl (C=O) groups excluding carboxylic acids is 5. The molecular weight excluding hydrogens is 636 g/mol. The number of esters is 1. The van der Waals surface area contributed by atoms with E-state index in [2.05, 4.69) is 54.2 Å². The fourth-order valence-electron chi connectivity index (χ4n) is 5.25. The lowest BCUT2D eigenvalue weighted by Gasteiger charge is -2.32. The van der Waals surface area contributed by atoms with Crippen LogP contribution in [0, 0.1) is 5.41 Å². The number of rotatable bonds is 13. The zero-order valence-electron chi connectivity index (χ0n) is 29.5. The van der Waals surface area contributed by atoms with Gasteiger partial charge in [-0.05, 0) is 93.0 Å². The van der Waals surface area contributed by atoms with Gasteiger partial charge in [-0.15, -0.1) is 0 Å². The van der Waals surface area contributed by atoms with Gasteiger partial charge in [0, 0.05) is 24.3 Å². The van der Waals surface area contributed by atoms with Crippen molar-refractivity contribution < 1.29 is 33.4 Å². The lowest BCUT2D eigenvalue weighted by atomic mass is 9.72. The van der Waals surface area contributed by atoms with Crippen LogP contribution in [-0.2, 0) is 23.9 Å². The van der Waals surface area contributed by atoms with Gasteiger partial charge in [-0.25, -0.2) is 9.59 Å². The van der Waals surface area contributed by atoms with Crippen LogP contribution in [0.1, 0.15) is 71.2 Å². The second-order valence-electron chi connectivity index (χ2n) is 12.6. The molecule has 0 saturated heterocycles. The van der Waals surface area contributed by atoms with Crippen molar-refractivity contribution in [2.75, 3.05) is 29.3 Å². The average molecular weight is 683 g/mol. The number of carbonyl (C=O) groups is 5. The Morgan fingerprint density at radius 2 is 1.52 bits per heavy atom. The van der Waals surface area contributed by atoms with Gasteiger partial charge in [-0.2, -0.15) is 0 Å². The Hall–Kier alpha value is -5.71. The number of hydrogen-bond acceptors (Lipinski definition) is 7. The van der Waals surface area contributed by atoms with Crippen LogP contribution < -0.4 is 21.3 Å². The predicted molar refractivity (Wildman–Crippen MR) is 195 cm³/mol. The van der Waals surface area contributed by atoms with E-state index >= 15 is 0 Å². The van der Waals surface area contributed by atoms with E-state index < -0.39 is 37.2 Å². The van der Waals surface area contributed by atoms with Gasteiger partial charge in [0.2, 0.25) is 18.6 Å². The Kier molecular flexibility index (Phi) is 14.5. The summed E-state index contributed by atoms with van der Waals surface area (Å²) in [6.45, 7) is 10.8. The zero-order chi connectivity index (χ0) is 36.7. The molecule has 0 fully saturated rings. The molecule has 11 heteroatoms. The largest absolute Gasteiger partial charge is 0.425 e. The van der Waals surface area contributed by atoms with Crippen molar-refractivity contribution in [2.45, 2.75) is 60.8 Å². The van der Waals surface area contributed by atoms with Crippen molar-refractivity contribution in [3.05, 3.63) is 113 Å². The fourth-order valence-corrected chi connectivity index (χ4v) is 5.25. The molecule has 50 heavy (non-hydrogen) atoms. The smallest absolute Gasteiger partial charge is 0.410 e. The van der Waals surface area contributed by atoms with Crippen molar-refractivity contribution >= 4 is 46.8 Å². The number of benzene rings is 2. The first-order chi connectivity index (χ1) is 23.7. The van der Waals surface area contributed by atoms with E-state index in [9.17, 15) is 24.0 Å². The molecule has 0 radical (unpaired) electrons. The van der Waals surface area contributed by atoms with Gasteiger partial charge in [0.25, 0.3) is 5.91 Å². The molecule has 264 valence electrons. The maximum absolute atomic E-state index is 12.7. The standard InChI is InChI=1S/C39H46N4O7/c1-26(16-21-32-28(3)13-10-22-39(32,5)6)11-9-12-27(2)23-36(46)49-25-50-38(48)40-24-35(45)42-33-14-7-8-15-34(33)43-37(47)30-17-19-31(20-18-30)41-29(4)44/h7-9,11-12,14-21,23H,10,13,22,24-25H2,1-6H3,(H,40,48)(H,41,44)(H,42,45)(H,43,47). The number of hydrogen-bond donors (Lipinski definition) is 4. The van der Waals surface area contributed by atoms with E-state index in [-0.39, 0.29) is 11.3 Å². The van der Waals surface area contributed by atoms with Crippen molar-refractivity contribution in [1.82, 2.24) is 5.32 Å². The lowest BCUT2D eigenvalue weighted by molar-refractivity contribution is -0.145. The molecule has 4 N–H and O–H groups in total. The lowest BCUT2D eigenvalue weighted by Crippen LogP contribution is -2.34. The molecule has 3 rings (SSSR count). The van der Waals surface area contributed by atoms with Gasteiger partial charge in [-0.3, -0.25) is 14.4 Å². The number of ether oxygens (including phenoxy) is 2. The third-order valence-electron chi connectivity index (χ3n) is 7.82. The van der Waals surface area contributed by atoms with E-state index in [1.807, 2.05) is 19.1 Å². The normalized spacial score (nSPS) is 14.7. The number of nitrogens with one attached hydrogen (secondary N) is 4. The summed E-state index contributed by atoms with van der Waals surface area (Å²) < 4.78 is 9.78. The van der Waals surface area contributed by atoms with Crippen LogP contribution in [0.3, 0.4) is 0 Å². The third kappa shape index (κ3) is 13.1. The summed E-state index contributed by atoms with van der Waals surface area (Å²) in [5, 5.41) is 10.2. The molecule has 1 aliphatic rings. The first-order valence-electron chi connectivity index (χ1n) is 16.3. The number of anilines is 3. The molecular formula is C39H46N4O7. The molecule has 0 aliphatic heterocycles. The van der Waals surface area contributed by atoms with Crippen molar-refractivity contribution in [3.63, 3.8) is 0 Å². The summed E-state index contributed by atoms with van der Waals surface area (Å²) in [7, 11) is 0. The Labute approximate surface area is 293 Å². The third-order valence-corrected chi connectivity index (χ3v) is 7.82. The number of alkyl carbamates (subject to hydrolysis) is 1. The van der Waals surface area contributed by atoms with E-state index in [1.54, 1.807) is 61.5 Å². The molecule has 4 amide bonds. The van der Waals surface area contributed by atoms with E-state index in [4.69, 9.17) is 9.47 Å². The zero-order valence-corrected chi connectivity index (χ0v) is 29.5. The molecule has 2 aromatic rings. The maximum atomic E-state index is 12.7. The number of allylic oxidation sites excluding steroid dienone is 9. The van der Waals surface area contributed by atoms with Gasteiger partial charge in [0.1, 0.15) is 6.54 Å². The predicted octanol–water partition coefficient (Wildman–Crippen LogP) is 7.59. The highest BCUT2D eigenvalue weighted by molar-refractivity contribution is 6.07. The summed E-state index contributed by atoms with van der Waals surface area (Å²) in [5.41, 5.74) is 6.26. The summed E-state index contributed by atoms with van der Waals surface area (Å²) in [5.74, 6) is -1.94. The number of amides is 4. The average Bonchev–Trinajstić information content (AvgIpc) is 3.04. The quantitative estimate of drug-likeness (QED) is 0.0735.